The Morgan fingerprint density at radius 3 is 2.79 bits per heavy atom. The van der Waals surface area contributed by atoms with Crippen LogP contribution in [0.3, 0.4) is 0 Å². The van der Waals surface area contributed by atoms with Crippen LogP contribution in [-0.2, 0) is 4.74 Å². The molecule has 0 spiro atoms. The van der Waals surface area contributed by atoms with Gasteiger partial charge in [0.05, 0.1) is 4.47 Å². The molecule has 2 heterocycles. The number of aromatic nitrogens is 1. The van der Waals surface area contributed by atoms with Crippen LogP contribution in [0.1, 0.15) is 24.3 Å². The first-order valence-corrected chi connectivity index (χ1v) is 5.55. The molecule has 1 aromatic heterocycles. The van der Waals surface area contributed by atoms with Gasteiger partial charge >= 0.3 is 0 Å². The van der Waals surface area contributed by atoms with E-state index in [1.807, 2.05) is 6.20 Å². The second kappa shape index (κ2) is 4.28. The molecule has 0 aromatic carbocycles. The number of anilines is 1. The predicted molar refractivity (Wildman–Crippen MR) is 59.1 cm³/mol. The third-order valence-corrected chi connectivity index (χ3v) is 3.22. The topological polar surface area (TPSA) is 48.1 Å². The van der Waals surface area contributed by atoms with Crippen molar-refractivity contribution in [3.8, 4) is 0 Å². The lowest BCUT2D eigenvalue weighted by Crippen LogP contribution is -2.14. The Labute approximate surface area is 91.8 Å². The summed E-state index contributed by atoms with van der Waals surface area (Å²) in [4.78, 5) is 4.14. The first-order valence-electron chi connectivity index (χ1n) is 4.76. The highest BCUT2D eigenvalue weighted by atomic mass is 79.9. The number of nitrogen functional groups attached to an aromatic ring is 1. The third-order valence-electron chi connectivity index (χ3n) is 2.58. The maximum Gasteiger partial charge on any atom is 0.137 e. The van der Waals surface area contributed by atoms with E-state index < -0.39 is 0 Å². The van der Waals surface area contributed by atoms with Crippen LogP contribution in [0.25, 0.3) is 0 Å². The van der Waals surface area contributed by atoms with Crippen LogP contribution < -0.4 is 5.73 Å². The molecule has 4 heteroatoms. The Morgan fingerprint density at radius 2 is 2.14 bits per heavy atom. The van der Waals surface area contributed by atoms with Crippen molar-refractivity contribution in [2.24, 2.45) is 0 Å². The van der Waals surface area contributed by atoms with E-state index in [1.165, 1.54) is 5.56 Å². The van der Waals surface area contributed by atoms with Crippen LogP contribution in [-0.4, -0.2) is 18.2 Å². The van der Waals surface area contributed by atoms with Gasteiger partial charge in [-0.05, 0) is 46.3 Å². The summed E-state index contributed by atoms with van der Waals surface area (Å²) in [6.45, 7) is 1.71. The van der Waals surface area contributed by atoms with E-state index in [-0.39, 0.29) is 0 Å². The predicted octanol–water partition coefficient (Wildman–Crippen LogP) is 2.32. The van der Waals surface area contributed by atoms with Gasteiger partial charge in [-0.25, -0.2) is 4.98 Å². The first kappa shape index (κ1) is 9.93. The number of rotatable bonds is 1. The van der Waals surface area contributed by atoms with Gasteiger partial charge in [0.2, 0.25) is 0 Å². The summed E-state index contributed by atoms with van der Waals surface area (Å²) in [5, 5.41) is 0. The fourth-order valence-electron chi connectivity index (χ4n) is 1.72. The fraction of sp³-hybridized carbons (Fsp3) is 0.500. The number of nitrogens with zero attached hydrogens (tertiary/aromatic N) is 1. The molecule has 0 unspecified atom stereocenters. The minimum atomic E-state index is 0.556. The highest BCUT2D eigenvalue weighted by Crippen LogP contribution is 2.29. The Bertz CT molecular complexity index is 324. The molecule has 76 valence electrons. The van der Waals surface area contributed by atoms with Crippen LogP contribution in [0, 0.1) is 0 Å². The molecule has 0 radical (unpaired) electrons. The number of hydrogen-bond acceptors (Lipinski definition) is 3. The molecule has 1 saturated heterocycles. The van der Waals surface area contributed by atoms with Gasteiger partial charge in [-0.3, -0.25) is 0 Å². The SMILES string of the molecule is Nc1ncc(C2CCOCC2)cc1Br. The average Bonchev–Trinajstić information content (AvgIpc) is 2.23. The van der Waals surface area contributed by atoms with E-state index in [0.29, 0.717) is 11.7 Å². The molecule has 1 aliphatic rings. The summed E-state index contributed by atoms with van der Waals surface area (Å²) in [5.41, 5.74) is 6.89. The highest BCUT2D eigenvalue weighted by Gasteiger charge is 2.16. The van der Waals surface area contributed by atoms with Crippen LogP contribution in [0.2, 0.25) is 0 Å². The van der Waals surface area contributed by atoms with E-state index >= 15 is 0 Å². The van der Waals surface area contributed by atoms with Crippen LogP contribution >= 0.6 is 15.9 Å². The van der Waals surface area contributed by atoms with E-state index in [4.69, 9.17) is 10.5 Å². The molecular weight excluding hydrogens is 244 g/mol. The van der Waals surface area contributed by atoms with Crippen molar-refractivity contribution >= 4 is 21.7 Å². The second-order valence-electron chi connectivity index (χ2n) is 3.52. The van der Waals surface area contributed by atoms with Gasteiger partial charge in [0.1, 0.15) is 5.82 Å². The molecule has 2 N–H and O–H groups in total. The Hall–Kier alpha value is -0.610. The van der Waals surface area contributed by atoms with Gasteiger partial charge in [-0.2, -0.15) is 0 Å². The zero-order chi connectivity index (χ0) is 9.97. The molecule has 0 bridgehead atoms. The number of pyridine rings is 1. The summed E-state index contributed by atoms with van der Waals surface area (Å²) in [6.07, 6.45) is 4.03. The summed E-state index contributed by atoms with van der Waals surface area (Å²) in [5.74, 6) is 1.13. The molecule has 0 saturated carbocycles. The average molecular weight is 257 g/mol. The largest absolute Gasteiger partial charge is 0.383 e. The molecule has 2 rings (SSSR count). The van der Waals surface area contributed by atoms with Crippen molar-refractivity contribution in [1.29, 1.82) is 0 Å². The van der Waals surface area contributed by atoms with Gasteiger partial charge < -0.3 is 10.5 Å². The van der Waals surface area contributed by atoms with Crippen molar-refractivity contribution < 1.29 is 4.74 Å². The first-order chi connectivity index (χ1) is 6.77. The van der Waals surface area contributed by atoms with Crippen molar-refractivity contribution in [2.75, 3.05) is 18.9 Å². The normalized spacial score (nSPS) is 18.4. The summed E-state index contributed by atoms with van der Waals surface area (Å²) in [6, 6.07) is 2.07. The standard InChI is InChI=1S/C10H13BrN2O/c11-9-5-8(6-13-10(9)12)7-1-3-14-4-2-7/h5-7H,1-4H2,(H2,12,13). The number of hydrogen-bond donors (Lipinski definition) is 1. The molecular formula is C10H13BrN2O. The smallest absolute Gasteiger partial charge is 0.137 e. The van der Waals surface area contributed by atoms with Crippen molar-refractivity contribution in [2.45, 2.75) is 18.8 Å². The van der Waals surface area contributed by atoms with Crippen LogP contribution in [0.15, 0.2) is 16.7 Å². The highest BCUT2D eigenvalue weighted by molar-refractivity contribution is 9.10. The third kappa shape index (κ3) is 2.07. The van der Waals surface area contributed by atoms with E-state index in [2.05, 4.69) is 27.0 Å². The van der Waals surface area contributed by atoms with Gasteiger partial charge in [0, 0.05) is 19.4 Å². The number of ether oxygens (including phenoxy) is 1. The minimum Gasteiger partial charge on any atom is -0.383 e. The molecule has 1 aliphatic heterocycles. The van der Waals surface area contributed by atoms with E-state index in [9.17, 15) is 0 Å². The summed E-state index contributed by atoms with van der Waals surface area (Å²) in [7, 11) is 0. The number of nitrogens with two attached hydrogens (primary N) is 1. The summed E-state index contributed by atoms with van der Waals surface area (Å²) >= 11 is 3.39. The van der Waals surface area contributed by atoms with Crippen LogP contribution in [0.5, 0.6) is 0 Å². The zero-order valence-corrected chi connectivity index (χ0v) is 9.46. The zero-order valence-electron chi connectivity index (χ0n) is 7.87. The molecule has 0 aliphatic carbocycles. The lowest BCUT2D eigenvalue weighted by molar-refractivity contribution is 0.0852. The minimum absolute atomic E-state index is 0.556. The Kier molecular flexibility index (Phi) is 3.03. The second-order valence-corrected chi connectivity index (χ2v) is 4.38. The fourth-order valence-corrected chi connectivity index (χ4v) is 2.08. The molecule has 3 nitrogen and oxygen atoms in total. The molecule has 0 amide bonds. The Morgan fingerprint density at radius 1 is 1.43 bits per heavy atom. The van der Waals surface area contributed by atoms with Gasteiger partial charge in [-0.1, -0.05) is 0 Å². The summed E-state index contributed by atoms with van der Waals surface area (Å²) < 4.78 is 6.21. The maximum atomic E-state index is 5.64. The molecule has 1 aromatic rings. The quantitative estimate of drug-likeness (QED) is 0.839. The van der Waals surface area contributed by atoms with E-state index in [0.717, 1.165) is 30.5 Å². The van der Waals surface area contributed by atoms with Gasteiger partial charge in [-0.15, -0.1) is 0 Å². The van der Waals surface area contributed by atoms with Crippen molar-refractivity contribution in [1.82, 2.24) is 4.98 Å². The van der Waals surface area contributed by atoms with Crippen molar-refractivity contribution in [3.63, 3.8) is 0 Å². The molecule has 14 heavy (non-hydrogen) atoms. The molecule has 0 atom stereocenters. The van der Waals surface area contributed by atoms with Crippen molar-refractivity contribution in [3.05, 3.63) is 22.3 Å². The number of halogens is 1. The Balaban J connectivity index is 2.18. The lowest BCUT2D eigenvalue weighted by Gasteiger charge is -2.22. The van der Waals surface area contributed by atoms with Gasteiger partial charge in [0.15, 0.2) is 0 Å². The maximum absolute atomic E-state index is 5.64. The van der Waals surface area contributed by atoms with E-state index in [1.54, 1.807) is 0 Å². The van der Waals surface area contributed by atoms with Gasteiger partial charge in [0.25, 0.3) is 0 Å². The monoisotopic (exact) mass is 256 g/mol. The lowest BCUT2D eigenvalue weighted by atomic mass is 9.93. The van der Waals surface area contributed by atoms with Crippen LogP contribution in [0.4, 0.5) is 5.82 Å². The molecule has 1 fully saturated rings.